The molecule has 0 aromatic heterocycles. The summed E-state index contributed by atoms with van der Waals surface area (Å²) in [6.07, 6.45) is 8.99. The van der Waals surface area contributed by atoms with E-state index in [4.69, 9.17) is 23.2 Å². The smallest absolute Gasteiger partial charge is 0.0595 e. The van der Waals surface area contributed by atoms with Crippen molar-refractivity contribution in [1.29, 1.82) is 0 Å². The Bertz CT molecular complexity index is 425. The van der Waals surface area contributed by atoms with Crippen LogP contribution in [-0.2, 0) is 5.41 Å². The maximum absolute atomic E-state index is 6.23. The number of unbranched alkanes of at least 4 members (excludes halogenated alkanes) is 1. The predicted octanol–water partition coefficient (Wildman–Crippen LogP) is 5.59. The quantitative estimate of drug-likeness (QED) is 0.675. The van der Waals surface area contributed by atoms with Crippen LogP contribution in [-0.4, -0.2) is 13.1 Å². The molecule has 1 saturated carbocycles. The van der Waals surface area contributed by atoms with E-state index in [0.717, 1.165) is 13.1 Å². The second-order valence-corrected chi connectivity index (χ2v) is 6.81. The highest BCUT2D eigenvalue weighted by Gasteiger charge is 2.33. The van der Waals surface area contributed by atoms with Crippen LogP contribution in [0.4, 0.5) is 0 Å². The normalized spacial score (nSPS) is 18.1. The van der Waals surface area contributed by atoms with Crippen molar-refractivity contribution >= 4 is 23.2 Å². The molecular weight excluding hydrogens is 289 g/mol. The molecule has 20 heavy (non-hydrogen) atoms. The van der Waals surface area contributed by atoms with Crippen molar-refractivity contribution < 1.29 is 0 Å². The summed E-state index contributed by atoms with van der Waals surface area (Å²) in [6.45, 7) is 4.40. The van der Waals surface area contributed by atoms with Gasteiger partial charge in [-0.2, -0.15) is 0 Å². The summed E-state index contributed by atoms with van der Waals surface area (Å²) in [5.41, 5.74) is 1.61. The van der Waals surface area contributed by atoms with Gasteiger partial charge in [-0.25, -0.2) is 0 Å². The van der Waals surface area contributed by atoms with Gasteiger partial charge in [0.1, 0.15) is 0 Å². The monoisotopic (exact) mass is 313 g/mol. The van der Waals surface area contributed by atoms with Gasteiger partial charge in [0.05, 0.1) is 10.0 Å². The fraction of sp³-hybridized carbons (Fsp3) is 0.647. The van der Waals surface area contributed by atoms with Gasteiger partial charge < -0.3 is 5.32 Å². The molecule has 3 heteroatoms. The van der Waals surface area contributed by atoms with E-state index in [9.17, 15) is 0 Å². The zero-order valence-electron chi connectivity index (χ0n) is 12.4. The minimum atomic E-state index is 0.250. The van der Waals surface area contributed by atoms with Crippen LogP contribution in [0.25, 0.3) is 0 Å². The van der Waals surface area contributed by atoms with Crippen LogP contribution in [0.15, 0.2) is 18.2 Å². The number of rotatable bonds is 6. The van der Waals surface area contributed by atoms with E-state index < -0.39 is 0 Å². The molecule has 1 N–H and O–H groups in total. The third kappa shape index (κ3) is 3.90. The summed E-state index contributed by atoms with van der Waals surface area (Å²) >= 11 is 12.3. The van der Waals surface area contributed by atoms with Crippen molar-refractivity contribution in [3.05, 3.63) is 33.8 Å². The average Bonchev–Trinajstić information content (AvgIpc) is 2.47. The first-order chi connectivity index (χ1) is 9.68. The van der Waals surface area contributed by atoms with Gasteiger partial charge in [0.2, 0.25) is 0 Å². The molecule has 0 atom stereocenters. The summed E-state index contributed by atoms with van der Waals surface area (Å²) in [7, 11) is 0. The van der Waals surface area contributed by atoms with E-state index >= 15 is 0 Å². The number of halogens is 2. The topological polar surface area (TPSA) is 12.0 Å². The average molecular weight is 314 g/mol. The minimum absolute atomic E-state index is 0.250. The van der Waals surface area contributed by atoms with Crippen molar-refractivity contribution in [2.24, 2.45) is 0 Å². The molecule has 1 aliphatic carbocycles. The van der Waals surface area contributed by atoms with E-state index in [0.29, 0.717) is 10.0 Å². The minimum Gasteiger partial charge on any atom is -0.316 e. The van der Waals surface area contributed by atoms with Gasteiger partial charge in [0, 0.05) is 12.0 Å². The molecule has 1 aliphatic rings. The van der Waals surface area contributed by atoms with E-state index in [1.54, 1.807) is 0 Å². The summed E-state index contributed by atoms with van der Waals surface area (Å²) in [5.74, 6) is 0. The molecule has 0 amide bonds. The molecule has 0 radical (unpaired) electrons. The van der Waals surface area contributed by atoms with Gasteiger partial charge >= 0.3 is 0 Å². The van der Waals surface area contributed by atoms with Crippen LogP contribution in [0.1, 0.15) is 57.4 Å². The second kappa shape index (κ2) is 7.68. The van der Waals surface area contributed by atoms with Crippen LogP contribution in [0.3, 0.4) is 0 Å². The lowest BCUT2D eigenvalue weighted by Crippen LogP contribution is -2.40. The molecule has 1 fully saturated rings. The van der Waals surface area contributed by atoms with Crippen molar-refractivity contribution in [1.82, 2.24) is 5.32 Å². The Morgan fingerprint density at radius 3 is 2.50 bits per heavy atom. The highest BCUT2D eigenvalue weighted by atomic mass is 35.5. The standard InChI is InChI=1S/C17H25Cl2N/c1-2-3-11-20-13-17(9-5-4-6-10-17)14-7-8-15(18)16(19)12-14/h7-8,12,20H,2-6,9-11,13H2,1H3. The SMILES string of the molecule is CCCCNCC1(c2ccc(Cl)c(Cl)c2)CCCCC1. The summed E-state index contributed by atoms with van der Waals surface area (Å²) in [4.78, 5) is 0. The first-order valence-corrected chi connectivity index (χ1v) is 8.60. The van der Waals surface area contributed by atoms with Crippen LogP contribution in [0.2, 0.25) is 10.0 Å². The zero-order chi connectivity index (χ0) is 14.4. The Labute approximate surface area is 133 Å². The maximum Gasteiger partial charge on any atom is 0.0595 e. The molecule has 0 unspecified atom stereocenters. The molecule has 2 rings (SSSR count). The van der Waals surface area contributed by atoms with E-state index in [1.807, 2.05) is 6.07 Å². The molecule has 1 nitrogen and oxygen atoms in total. The molecule has 0 heterocycles. The fourth-order valence-corrected chi connectivity index (χ4v) is 3.55. The summed E-state index contributed by atoms with van der Waals surface area (Å²) < 4.78 is 0. The van der Waals surface area contributed by atoms with Gasteiger partial charge in [-0.05, 0) is 43.5 Å². The zero-order valence-corrected chi connectivity index (χ0v) is 13.9. The Hall–Kier alpha value is -0.240. The van der Waals surface area contributed by atoms with Gasteiger partial charge in [-0.15, -0.1) is 0 Å². The Morgan fingerprint density at radius 2 is 1.85 bits per heavy atom. The first kappa shape index (κ1) is 16.1. The Balaban J connectivity index is 2.14. The highest BCUT2D eigenvalue weighted by molar-refractivity contribution is 6.42. The molecule has 0 spiro atoms. The van der Waals surface area contributed by atoms with Gasteiger partial charge in [0.15, 0.2) is 0 Å². The van der Waals surface area contributed by atoms with Crippen molar-refractivity contribution in [3.63, 3.8) is 0 Å². The van der Waals surface area contributed by atoms with Gasteiger partial charge in [0.25, 0.3) is 0 Å². The van der Waals surface area contributed by atoms with Crippen LogP contribution in [0.5, 0.6) is 0 Å². The molecular formula is C17H25Cl2N. The summed E-state index contributed by atoms with van der Waals surface area (Å²) in [6, 6.07) is 6.19. The largest absolute Gasteiger partial charge is 0.316 e. The third-order valence-corrected chi connectivity index (χ3v) is 5.25. The van der Waals surface area contributed by atoms with E-state index in [2.05, 4.69) is 24.4 Å². The molecule has 0 aliphatic heterocycles. The number of benzene rings is 1. The van der Waals surface area contributed by atoms with Gasteiger partial charge in [-0.1, -0.05) is 61.9 Å². The lowest BCUT2D eigenvalue weighted by Gasteiger charge is -2.38. The van der Waals surface area contributed by atoms with Crippen molar-refractivity contribution in [2.75, 3.05) is 13.1 Å². The Kier molecular flexibility index (Phi) is 6.20. The Morgan fingerprint density at radius 1 is 1.10 bits per heavy atom. The lowest BCUT2D eigenvalue weighted by molar-refractivity contribution is 0.280. The first-order valence-electron chi connectivity index (χ1n) is 7.84. The van der Waals surface area contributed by atoms with Crippen molar-refractivity contribution in [2.45, 2.75) is 57.3 Å². The number of nitrogens with one attached hydrogen (secondary N) is 1. The molecule has 0 saturated heterocycles. The van der Waals surface area contributed by atoms with E-state index in [1.165, 1.54) is 50.5 Å². The van der Waals surface area contributed by atoms with Crippen LogP contribution < -0.4 is 5.32 Å². The third-order valence-electron chi connectivity index (χ3n) is 4.51. The molecule has 0 bridgehead atoms. The van der Waals surface area contributed by atoms with E-state index in [-0.39, 0.29) is 5.41 Å². The number of hydrogen-bond donors (Lipinski definition) is 1. The van der Waals surface area contributed by atoms with Gasteiger partial charge in [-0.3, -0.25) is 0 Å². The molecule has 1 aromatic carbocycles. The van der Waals surface area contributed by atoms with Crippen LogP contribution >= 0.6 is 23.2 Å². The van der Waals surface area contributed by atoms with Crippen LogP contribution in [0, 0.1) is 0 Å². The molecule has 1 aromatic rings. The van der Waals surface area contributed by atoms with Crippen molar-refractivity contribution in [3.8, 4) is 0 Å². The summed E-state index contributed by atoms with van der Waals surface area (Å²) in [5, 5.41) is 4.99. The molecule has 112 valence electrons. The fourth-order valence-electron chi connectivity index (χ4n) is 3.25. The highest BCUT2D eigenvalue weighted by Crippen LogP contribution is 2.40. The second-order valence-electron chi connectivity index (χ2n) is 6.00. The predicted molar refractivity (Wildman–Crippen MR) is 89.0 cm³/mol. The lowest BCUT2D eigenvalue weighted by atomic mass is 9.69. The number of hydrogen-bond acceptors (Lipinski definition) is 1. The maximum atomic E-state index is 6.23.